The second-order valence-electron chi connectivity index (χ2n) is 4.53. The van der Waals surface area contributed by atoms with Gasteiger partial charge in [-0.1, -0.05) is 17.7 Å². The predicted octanol–water partition coefficient (Wildman–Crippen LogP) is 2.03. The predicted molar refractivity (Wildman–Crippen MR) is 80.7 cm³/mol. The molecule has 116 valence electrons. The summed E-state index contributed by atoms with van der Waals surface area (Å²) in [5.41, 5.74) is 0.136. The summed E-state index contributed by atoms with van der Waals surface area (Å²) in [5.74, 6) is -0.265. The van der Waals surface area contributed by atoms with Crippen molar-refractivity contribution in [3.8, 4) is 5.82 Å². The van der Waals surface area contributed by atoms with E-state index in [1.54, 1.807) is 0 Å². The standard InChI is InChI=1S/C14H10ClFN6O/c15-10-2-1-3-11(16)9(10)4-14(23)21-12-5-13(19-7-18-12)22-8-17-6-20-22/h1-3,5-8H,4H2,(H,18,19,21,23). The highest BCUT2D eigenvalue weighted by molar-refractivity contribution is 6.31. The van der Waals surface area contributed by atoms with Gasteiger partial charge < -0.3 is 5.32 Å². The molecule has 3 rings (SSSR count). The number of hydrogen-bond donors (Lipinski definition) is 1. The first-order chi connectivity index (χ1) is 11.1. The van der Waals surface area contributed by atoms with Crippen LogP contribution >= 0.6 is 11.6 Å². The van der Waals surface area contributed by atoms with Crippen LogP contribution in [-0.2, 0) is 11.2 Å². The number of amides is 1. The Labute approximate surface area is 135 Å². The van der Waals surface area contributed by atoms with E-state index < -0.39 is 11.7 Å². The van der Waals surface area contributed by atoms with E-state index in [1.807, 2.05) is 0 Å². The molecule has 0 aliphatic heterocycles. The first-order valence-corrected chi connectivity index (χ1v) is 6.91. The molecule has 1 aromatic carbocycles. The molecule has 3 aromatic rings. The van der Waals surface area contributed by atoms with Gasteiger partial charge in [0, 0.05) is 16.7 Å². The summed E-state index contributed by atoms with van der Waals surface area (Å²) in [6, 6.07) is 5.78. The van der Waals surface area contributed by atoms with Gasteiger partial charge in [-0.3, -0.25) is 4.79 Å². The van der Waals surface area contributed by atoms with E-state index in [9.17, 15) is 9.18 Å². The van der Waals surface area contributed by atoms with Gasteiger partial charge in [0.05, 0.1) is 6.42 Å². The summed E-state index contributed by atoms with van der Waals surface area (Å²) in [7, 11) is 0. The van der Waals surface area contributed by atoms with Crippen molar-refractivity contribution in [2.24, 2.45) is 0 Å². The zero-order chi connectivity index (χ0) is 16.2. The molecular formula is C14H10ClFN6O. The zero-order valence-electron chi connectivity index (χ0n) is 11.6. The lowest BCUT2D eigenvalue weighted by Gasteiger charge is -2.07. The van der Waals surface area contributed by atoms with Crippen molar-refractivity contribution in [1.82, 2.24) is 24.7 Å². The Hall–Kier alpha value is -2.87. The van der Waals surface area contributed by atoms with Crippen LogP contribution < -0.4 is 5.32 Å². The van der Waals surface area contributed by atoms with E-state index in [-0.39, 0.29) is 22.8 Å². The van der Waals surface area contributed by atoms with Gasteiger partial charge in [0.2, 0.25) is 5.91 Å². The van der Waals surface area contributed by atoms with E-state index in [4.69, 9.17) is 11.6 Å². The number of hydrogen-bond acceptors (Lipinski definition) is 5. The summed E-state index contributed by atoms with van der Waals surface area (Å²) in [6.45, 7) is 0. The molecule has 1 N–H and O–H groups in total. The van der Waals surface area contributed by atoms with Crippen molar-refractivity contribution in [2.45, 2.75) is 6.42 Å². The molecule has 0 bridgehead atoms. The zero-order valence-corrected chi connectivity index (χ0v) is 12.4. The molecule has 0 unspecified atom stereocenters. The first kappa shape index (κ1) is 15.0. The third-order valence-electron chi connectivity index (χ3n) is 2.97. The van der Waals surface area contributed by atoms with Crippen LogP contribution in [0.2, 0.25) is 5.02 Å². The second kappa shape index (κ2) is 6.49. The molecule has 0 saturated heterocycles. The van der Waals surface area contributed by atoms with E-state index in [0.29, 0.717) is 5.82 Å². The molecule has 2 aromatic heterocycles. The first-order valence-electron chi connectivity index (χ1n) is 6.53. The third-order valence-corrected chi connectivity index (χ3v) is 3.33. The van der Waals surface area contributed by atoms with Crippen LogP contribution in [0.25, 0.3) is 5.82 Å². The highest BCUT2D eigenvalue weighted by Crippen LogP contribution is 2.20. The molecule has 7 nitrogen and oxygen atoms in total. The van der Waals surface area contributed by atoms with Crippen molar-refractivity contribution in [3.05, 3.63) is 59.7 Å². The van der Waals surface area contributed by atoms with Gasteiger partial charge in [0.15, 0.2) is 5.82 Å². The normalized spacial score (nSPS) is 10.5. The van der Waals surface area contributed by atoms with Gasteiger partial charge in [-0.15, -0.1) is 0 Å². The molecule has 0 spiro atoms. The minimum absolute atomic E-state index is 0.136. The van der Waals surface area contributed by atoms with Gasteiger partial charge in [0.25, 0.3) is 0 Å². The van der Waals surface area contributed by atoms with E-state index >= 15 is 0 Å². The largest absolute Gasteiger partial charge is 0.310 e. The van der Waals surface area contributed by atoms with Crippen molar-refractivity contribution in [1.29, 1.82) is 0 Å². The van der Waals surface area contributed by atoms with Crippen LogP contribution in [0.1, 0.15) is 5.56 Å². The lowest BCUT2D eigenvalue weighted by molar-refractivity contribution is -0.115. The van der Waals surface area contributed by atoms with Crippen LogP contribution in [0, 0.1) is 5.82 Å². The van der Waals surface area contributed by atoms with Gasteiger partial charge in [-0.25, -0.2) is 24.0 Å². The molecule has 0 radical (unpaired) electrons. The maximum absolute atomic E-state index is 13.7. The van der Waals surface area contributed by atoms with Gasteiger partial charge in [-0.05, 0) is 12.1 Å². The highest BCUT2D eigenvalue weighted by atomic mass is 35.5. The lowest BCUT2D eigenvalue weighted by Crippen LogP contribution is -2.17. The topological polar surface area (TPSA) is 85.6 Å². The van der Waals surface area contributed by atoms with E-state index in [1.165, 1.54) is 47.9 Å². The molecule has 2 heterocycles. The SMILES string of the molecule is O=C(Cc1c(F)cccc1Cl)Nc1cc(-n2cncn2)ncn1. The van der Waals surface area contributed by atoms with Crippen LogP contribution in [0.3, 0.4) is 0 Å². The number of carbonyl (C=O) groups is 1. The average molecular weight is 333 g/mol. The number of aromatic nitrogens is 5. The van der Waals surface area contributed by atoms with Gasteiger partial charge in [-0.2, -0.15) is 5.10 Å². The second-order valence-corrected chi connectivity index (χ2v) is 4.93. The summed E-state index contributed by atoms with van der Waals surface area (Å²) in [6.07, 6.45) is 3.91. The van der Waals surface area contributed by atoms with Gasteiger partial charge in [0.1, 0.15) is 30.6 Å². The molecule has 1 amide bonds. The fourth-order valence-electron chi connectivity index (χ4n) is 1.92. The summed E-state index contributed by atoms with van der Waals surface area (Å²) >= 11 is 5.91. The highest BCUT2D eigenvalue weighted by Gasteiger charge is 2.13. The fourth-order valence-corrected chi connectivity index (χ4v) is 2.15. The van der Waals surface area contributed by atoms with Crippen LogP contribution in [-0.4, -0.2) is 30.6 Å². The maximum Gasteiger partial charge on any atom is 0.230 e. The Morgan fingerprint density at radius 1 is 1.30 bits per heavy atom. The quantitative estimate of drug-likeness (QED) is 0.790. The minimum atomic E-state index is -0.529. The molecule has 0 saturated carbocycles. The van der Waals surface area contributed by atoms with Crippen molar-refractivity contribution < 1.29 is 9.18 Å². The van der Waals surface area contributed by atoms with Crippen LogP contribution in [0.5, 0.6) is 0 Å². The van der Waals surface area contributed by atoms with Crippen molar-refractivity contribution in [2.75, 3.05) is 5.32 Å². The Morgan fingerprint density at radius 3 is 2.91 bits per heavy atom. The smallest absolute Gasteiger partial charge is 0.230 e. The van der Waals surface area contributed by atoms with Crippen LogP contribution in [0.15, 0.2) is 43.2 Å². The fraction of sp³-hybridized carbons (Fsp3) is 0.0714. The van der Waals surface area contributed by atoms with Crippen molar-refractivity contribution >= 4 is 23.3 Å². The van der Waals surface area contributed by atoms with Crippen LogP contribution in [0.4, 0.5) is 10.2 Å². The molecular weight excluding hydrogens is 323 g/mol. The lowest BCUT2D eigenvalue weighted by atomic mass is 10.1. The monoisotopic (exact) mass is 332 g/mol. The average Bonchev–Trinajstić information content (AvgIpc) is 3.06. The number of carbonyl (C=O) groups excluding carboxylic acids is 1. The molecule has 0 fully saturated rings. The number of benzene rings is 1. The van der Waals surface area contributed by atoms with Crippen molar-refractivity contribution in [3.63, 3.8) is 0 Å². The Bertz CT molecular complexity index is 819. The number of halogens is 2. The Morgan fingerprint density at radius 2 is 2.17 bits per heavy atom. The van der Waals surface area contributed by atoms with Gasteiger partial charge >= 0.3 is 0 Å². The molecule has 0 atom stereocenters. The Kier molecular flexibility index (Phi) is 4.24. The third kappa shape index (κ3) is 3.49. The van der Waals surface area contributed by atoms with E-state index in [0.717, 1.165) is 0 Å². The Balaban J connectivity index is 1.75. The minimum Gasteiger partial charge on any atom is -0.310 e. The number of rotatable bonds is 4. The summed E-state index contributed by atoms with van der Waals surface area (Å²) < 4.78 is 15.1. The molecule has 0 aliphatic carbocycles. The number of anilines is 1. The molecule has 0 aliphatic rings. The summed E-state index contributed by atoms with van der Waals surface area (Å²) in [4.78, 5) is 23.8. The summed E-state index contributed by atoms with van der Waals surface area (Å²) in [5, 5.41) is 6.70. The molecule has 9 heteroatoms. The van der Waals surface area contributed by atoms with E-state index in [2.05, 4.69) is 25.4 Å². The number of nitrogens with one attached hydrogen (secondary N) is 1. The number of nitrogens with zero attached hydrogens (tertiary/aromatic N) is 5. The molecule has 23 heavy (non-hydrogen) atoms. The maximum atomic E-state index is 13.7.